The quantitative estimate of drug-likeness (QED) is 0.675. The van der Waals surface area contributed by atoms with Crippen molar-refractivity contribution < 1.29 is 0 Å². The number of rotatable bonds is 3. The Morgan fingerprint density at radius 3 is 1.79 bits per heavy atom. The molecule has 14 heavy (non-hydrogen) atoms. The molecule has 1 heteroatoms. The van der Waals surface area contributed by atoms with E-state index in [1.165, 1.54) is 5.75 Å². The molecular formula is C13H26S. The lowest BCUT2D eigenvalue weighted by molar-refractivity contribution is 0.210. The van der Waals surface area contributed by atoms with E-state index in [0.717, 1.165) is 34.8 Å². The SMILES string of the molecule is CC(C)C1CSC(C(C)C)C1C(C)C. The Morgan fingerprint density at radius 2 is 1.43 bits per heavy atom. The third kappa shape index (κ3) is 2.48. The van der Waals surface area contributed by atoms with E-state index < -0.39 is 0 Å². The molecule has 1 saturated heterocycles. The zero-order valence-electron chi connectivity index (χ0n) is 10.6. The van der Waals surface area contributed by atoms with E-state index in [1.807, 2.05) is 0 Å². The molecule has 0 aliphatic carbocycles. The predicted molar refractivity (Wildman–Crippen MR) is 67.7 cm³/mol. The fraction of sp³-hybridized carbons (Fsp3) is 1.00. The molecule has 1 fully saturated rings. The average molecular weight is 214 g/mol. The van der Waals surface area contributed by atoms with Gasteiger partial charge in [0, 0.05) is 5.25 Å². The van der Waals surface area contributed by atoms with Gasteiger partial charge in [0.2, 0.25) is 0 Å². The molecule has 84 valence electrons. The number of hydrogen-bond donors (Lipinski definition) is 0. The molecule has 0 saturated carbocycles. The van der Waals surface area contributed by atoms with Crippen molar-refractivity contribution in [2.75, 3.05) is 5.75 Å². The minimum atomic E-state index is 0.844. The standard InChI is InChI=1S/C13H26S/c1-8(2)11-7-14-13(10(5)6)12(11)9(3)4/h8-13H,7H2,1-6H3. The van der Waals surface area contributed by atoms with Gasteiger partial charge in [-0.3, -0.25) is 0 Å². The molecule has 3 atom stereocenters. The molecule has 0 amide bonds. The van der Waals surface area contributed by atoms with Gasteiger partial charge in [0.1, 0.15) is 0 Å². The van der Waals surface area contributed by atoms with Gasteiger partial charge < -0.3 is 0 Å². The Labute approximate surface area is 94.2 Å². The van der Waals surface area contributed by atoms with Gasteiger partial charge in [0.25, 0.3) is 0 Å². The summed E-state index contributed by atoms with van der Waals surface area (Å²) in [7, 11) is 0. The summed E-state index contributed by atoms with van der Waals surface area (Å²) < 4.78 is 0. The van der Waals surface area contributed by atoms with E-state index in [0.29, 0.717) is 0 Å². The maximum atomic E-state index is 2.40. The highest BCUT2D eigenvalue weighted by atomic mass is 32.2. The third-order valence-corrected chi connectivity index (χ3v) is 5.46. The van der Waals surface area contributed by atoms with Gasteiger partial charge in [-0.2, -0.15) is 11.8 Å². The van der Waals surface area contributed by atoms with E-state index in [2.05, 4.69) is 53.3 Å². The van der Waals surface area contributed by atoms with Gasteiger partial charge in [-0.25, -0.2) is 0 Å². The Hall–Kier alpha value is 0.350. The molecule has 1 aliphatic heterocycles. The van der Waals surface area contributed by atoms with Crippen molar-refractivity contribution in [2.24, 2.45) is 29.6 Å². The first kappa shape index (κ1) is 12.4. The average Bonchev–Trinajstić information content (AvgIpc) is 2.46. The van der Waals surface area contributed by atoms with E-state index in [1.54, 1.807) is 0 Å². The summed E-state index contributed by atoms with van der Waals surface area (Å²) in [6.45, 7) is 14.4. The van der Waals surface area contributed by atoms with Gasteiger partial charge in [0.05, 0.1) is 0 Å². The van der Waals surface area contributed by atoms with E-state index in [4.69, 9.17) is 0 Å². The predicted octanol–water partition coefficient (Wildman–Crippen LogP) is 4.30. The minimum absolute atomic E-state index is 0.844. The van der Waals surface area contributed by atoms with Crippen LogP contribution in [0.5, 0.6) is 0 Å². The molecule has 3 unspecified atom stereocenters. The highest BCUT2D eigenvalue weighted by molar-refractivity contribution is 8.00. The van der Waals surface area contributed by atoms with Crippen LogP contribution >= 0.6 is 11.8 Å². The summed E-state index contributed by atoms with van der Waals surface area (Å²) >= 11 is 2.22. The molecule has 0 N–H and O–H groups in total. The Morgan fingerprint density at radius 1 is 0.857 bits per heavy atom. The van der Waals surface area contributed by atoms with Crippen LogP contribution in [-0.2, 0) is 0 Å². The van der Waals surface area contributed by atoms with Crippen molar-refractivity contribution in [3.8, 4) is 0 Å². The molecule has 0 aromatic carbocycles. The van der Waals surface area contributed by atoms with E-state index in [-0.39, 0.29) is 0 Å². The van der Waals surface area contributed by atoms with Crippen LogP contribution in [0.25, 0.3) is 0 Å². The topological polar surface area (TPSA) is 0 Å². The van der Waals surface area contributed by atoms with Gasteiger partial charge >= 0.3 is 0 Å². The van der Waals surface area contributed by atoms with Crippen LogP contribution in [0.3, 0.4) is 0 Å². The first-order chi connectivity index (χ1) is 6.45. The summed E-state index contributed by atoms with van der Waals surface area (Å²) in [5, 5.41) is 0.905. The molecule has 1 heterocycles. The van der Waals surface area contributed by atoms with Crippen LogP contribution in [0, 0.1) is 29.6 Å². The van der Waals surface area contributed by atoms with Crippen LogP contribution < -0.4 is 0 Å². The highest BCUT2D eigenvalue weighted by Gasteiger charge is 2.40. The summed E-state index contributed by atoms with van der Waals surface area (Å²) in [4.78, 5) is 0. The third-order valence-electron chi connectivity index (χ3n) is 3.64. The normalized spacial score (nSPS) is 33.6. The molecule has 0 bridgehead atoms. The van der Waals surface area contributed by atoms with Crippen molar-refractivity contribution in [3.05, 3.63) is 0 Å². The van der Waals surface area contributed by atoms with Crippen molar-refractivity contribution in [1.29, 1.82) is 0 Å². The monoisotopic (exact) mass is 214 g/mol. The lowest BCUT2D eigenvalue weighted by Crippen LogP contribution is -2.30. The first-order valence-corrected chi connectivity index (χ1v) is 7.11. The molecular weight excluding hydrogens is 188 g/mol. The Kier molecular flexibility index (Phi) is 4.36. The van der Waals surface area contributed by atoms with Crippen LogP contribution in [-0.4, -0.2) is 11.0 Å². The second-order valence-electron chi connectivity index (χ2n) is 5.77. The van der Waals surface area contributed by atoms with Gasteiger partial charge in [0.15, 0.2) is 0 Å². The van der Waals surface area contributed by atoms with Crippen LogP contribution in [0.1, 0.15) is 41.5 Å². The first-order valence-electron chi connectivity index (χ1n) is 6.06. The Bertz CT molecular complexity index is 156. The fourth-order valence-electron chi connectivity index (χ4n) is 2.84. The lowest BCUT2D eigenvalue weighted by atomic mass is 9.74. The minimum Gasteiger partial charge on any atom is -0.158 e. The highest BCUT2D eigenvalue weighted by Crippen LogP contribution is 2.47. The smallest absolute Gasteiger partial charge is 0.0104 e. The fourth-order valence-corrected chi connectivity index (χ4v) is 5.01. The molecule has 0 aromatic heterocycles. The van der Waals surface area contributed by atoms with Crippen LogP contribution in [0.4, 0.5) is 0 Å². The molecule has 0 aromatic rings. The van der Waals surface area contributed by atoms with Crippen molar-refractivity contribution in [2.45, 2.75) is 46.8 Å². The number of thioether (sulfide) groups is 1. The van der Waals surface area contributed by atoms with Crippen molar-refractivity contribution >= 4 is 11.8 Å². The van der Waals surface area contributed by atoms with Crippen LogP contribution in [0.2, 0.25) is 0 Å². The van der Waals surface area contributed by atoms with Gasteiger partial charge in [-0.05, 0) is 35.3 Å². The van der Waals surface area contributed by atoms with E-state index in [9.17, 15) is 0 Å². The van der Waals surface area contributed by atoms with E-state index >= 15 is 0 Å². The molecule has 1 rings (SSSR count). The second-order valence-corrected chi connectivity index (χ2v) is 6.98. The maximum Gasteiger partial charge on any atom is 0.0104 e. The summed E-state index contributed by atoms with van der Waals surface area (Å²) in [6, 6.07) is 0. The zero-order chi connectivity index (χ0) is 10.9. The molecule has 0 nitrogen and oxygen atoms in total. The van der Waals surface area contributed by atoms with Crippen molar-refractivity contribution in [1.82, 2.24) is 0 Å². The number of hydrogen-bond acceptors (Lipinski definition) is 1. The molecule has 0 radical (unpaired) electrons. The molecule has 0 spiro atoms. The summed E-state index contributed by atoms with van der Waals surface area (Å²) in [6.07, 6.45) is 0. The summed E-state index contributed by atoms with van der Waals surface area (Å²) in [5.41, 5.74) is 0. The van der Waals surface area contributed by atoms with Crippen molar-refractivity contribution in [3.63, 3.8) is 0 Å². The second kappa shape index (κ2) is 4.92. The largest absolute Gasteiger partial charge is 0.158 e. The molecule has 1 aliphatic rings. The van der Waals surface area contributed by atoms with Gasteiger partial charge in [-0.1, -0.05) is 41.5 Å². The van der Waals surface area contributed by atoms with Gasteiger partial charge in [-0.15, -0.1) is 0 Å². The Balaban J connectivity index is 2.74. The lowest BCUT2D eigenvalue weighted by Gasteiger charge is -2.31. The maximum absolute atomic E-state index is 2.40. The summed E-state index contributed by atoms with van der Waals surface area (Å²) in [5.74, 6) is 5.84. The van der Waals surface area contributed by atoms with Crippen LogP contribution in [0.15, 0.2) is 0 Å². The zero-order valence-corrected chi connectivity index (χ0v) is 11.4.